The Morgan fingerprint density at radius 2 is 1.96 bits per heavy atom. The number of alkyl halides is 2. The second-order valence-electron chi connectivity index (χ2n) is 5.26. The number of ether oxygens (including phenoxy) is 2. The molecular weight excluding hydrogens is 368 g/mol. The molecule has 1 amide bonds. The number of amides is 1. The lowest BCUT2D eigenvalue weighted by Crippen LogP contribution is -2.25. The summed E-state index contributed by atoms with van der Waals surface area (Å²) in [7, 11) is 0. The Bertz CT molecular complexity index is 761. The Balaban J connectivity index is 1.86. The lowest BCUT2D eigenvalue weighted by atomic mass is 10.1. The molecular formula is C17H17F2NO5S. The molecule has 0 unspecified atom stereocenters. The molecule has 9 heteroatoms. The monoisotopic (exact) mass is 385 g/mol. The molecule has 2 N–H and O–H groups in total. The molecule has 0 radical (unpaired) electrons. The van der Waals surface area contributed by atoms with Crippen LogP contribution in [0.3, 0.4) is 0 Å². The second kappa shape index (κ2) is 9.14. The van der Waals surface area contributed by atoms with Crippen LogP contribution in [0.4, 0.5) is 8.78 Å². The predicted octanol–water partition coefficient (Wildman–Crippen LogP) is 3.09. The summed E-state index contributed by atoms with van der Waals surface area (Å²) >= 11 is 1.09. The van der Waals surface area contributed by atoms with Crippen molar-refractivity contribution in [3.05, 3.63) is 45.6 Å². The molecule has 2 rings (SSSR count). The maximum atomic E-state index is 12.4. The van der Waals surface area contributed by atoms with E-state index in [4.69, 9.17) is 9.84 Å². The van der Waals surface area contributed by atoms with Crippen LogP contribution < -0.4 is 14.8 Å². The van der Waals surface area contributed by atoms with Crippen molar-refractivity contribution in [2.45, 2.75) is 20.0 Å². The van der Waals surface area contributed by atoms with Gasteiger partial charge in [0.25, 0.3) is 5.91 Å². The SMILES string of the molecule is Cc1cc(OC(F)F)c(C(=O)NCCc2ccc(OCC(=O)O)cc2)s1. The fraction of sp³-hybridized carbons (Fsp3) is 0.294. The Kier molecular flexibility index (Phi) is 6.90. The Hall–Kier alpha value is -2.68. The Morgan fingerprint density at radius 3 is 2.58 bits per heavy atom. The first-order valence-electron chi connectivity index (χ1n) is 7.62. The Morgan fingerprint density at radius 1 is 1.27 bits per heavy atom. The summed E-state index contributed by atoms with van der Waals surface area (Å²) in [6, 6.07) is 8.18. The second-order valence-corrected chi connectivity index (χ2v) is 6.52. The molecule has 0 bridgehead atoms. The minimum absolute atomic E-state index is 0.111. The normalized spacial score (nSPS) is 10.6. The lowest BCUT2D eigenvalue weighted by molar-refractivity contribution is -0.139. The molecule has 0 aliphatic rings. The predicted molar refractivity (Wildman–Crippen MR) is 91.3 cm³/mol. The van der Waals surface area contributed by atoms with E-state index in [0.717, 1.165) is 16.9 Å². The minimum atomic E-state index is -2.99. The van der Waals surface area contributed by atoms with Gasteiger partial charge in [-0.25, -0.2) is 4.79 Å². The van der Waals surface area contributed by atoms with Crippen LogP contribution in [0.5, 0.6) is 11.5 Å². The van der Waals surface area contributed by atoms with Crippen LogP contribution >= 0.6 is 11.3 Å². The number of carboxylic acids is 1. The van der Waals surface area contributed by atoms with Gasteiger partial charge in [-0.2, -0.15) is 8.78 Å². The van der Waals surface area contributed by atoms with Crippen LogP contribution in [0.1, 0.15) is 20.1 Å². The van der Waals surface area contributed by atoms with Crippen molar-refractivity contribution in [3.63, 3.8) is 0 Å². The summed E-state index contributed by atoms with van der Waals surface area (Å²) in [6.07, 6.45) is 0.514. The number of hydrogen-bond donors (Lipinski definition) is 2. The van der Waals surface area contributed by atoms with Crippen molar-refractivity contribution in [2.24, 2.45) is 0 Å². The number of carboxylic acid groups (broad SMARTS) is 1. The molecule has 0 aliphatic heterocycles. The maximum Gasteiger partial charge on any atom is 0.387 e. The van der Waals surface area contributed by atoms with Crippen LogP contribution in [-0.2, 0) is 11.2 Å². The summed E-state index contributed by atoms with van der Waals surface area (Å²) < 4.78 is 34.2. The quantitative estimate of drug-likeness (QED) is 0.693. The molecule has 0 atom stereocenters. The smallest absolute Gasteiger partial charge is 0.387 e. The van der Waals surface area contributed by atoms with Crippen LogP contribution in [-0.4, -0.2) is 36.7 Å². The van der Waals surface area contributed by atoms with Gasteiger partial charge in [-0.15, -0.1) is 11.3 Å². The van der Waals surface area contributed by atoms with E-state index in [9.17, 15) is 18.4 Å². The zero-order valence-electron chi connectivity index (χ0n) is 13.8. The van der Waals surface area contributed by atoms with Gasteiger partial charge in [-0.3, -0.25) is 4.79 Å². The summed E-state index contributed by atoms with van der Waals surface area (Å²) in [5.74, 6) is -1.22. The molecule has 1 aromatic carbocycles. The van der Waals surface area contributed by atoms with E-state index in [2.05, 4.69) is 10.1 Å². The third-order valence-corrected chi connectivity index (χ3v) is 4.26. The molecule has 0 spiro atoms. The molecule has 140 valence electrons. The molecule has 1 aromatic heterocycles. The van der Waals surface area contributed by atoms with Crippen LogP contribution in [0.2, 0.25) is 0 Å². The zero-order chi connectivity index (χ0) is 19.1. The van der Waals surface area contributed by atoms with Gasteiger partial charge in [0.1, 0.15) is 16.4 Å². The Labute approximate surface area is 152 Å². The molecule has 0 aliphatic carbocycles. The first-order chi connectivity index (χ1) is 12.3. The number of carbonyl (C=O) groups excluding carboxylic acids is 1. The lowest BCUT2D eigenvalue weighted by Gasteiger charge is -2.08. The first-order valence-corrected chi connectivity index (χ1v) is 8.44. The molecule has 26 heavy (non-hydrogen) atoms. The summed E-state index contributed by atoms with van der Waals surface area (Å²) in [5, 5.41) is 11.2. The topological polar surface area (TPSA) is 84.9 Å². The number of carbonyl (C=O) groups is 2. The van der Waals surface area contributed by atoms with Gasteiger partial charge in [-0.05, 0) is 37.1 Å². The third-order valence-electron chi connectivity index (χ3n) is 3.23. The number of hydrogen-bond acceptors (Lipinski definition) is 5. The highest BCUT2D eigenvalue weighted by Crippen LogP contribution is 2.30. The zero-order valence-corrected chi connectivity index (χ0v) is 14.6. The van der Waals surface area contributed by atoms with E-state index in [1.54, 1.807) is 31.2 Å². The maximum absolute atomic E-state index is 12.4. The van der Waals surface area contributed by atoms with E-state index < -0.39 is 25.1 Å². The highest BCUT2D eigenvalue weighted by Gasteiger charge is 2.18. The molecule has 2 aromatic rings. The number of aliphatic carboxylic acids is 1. The number of rotatable bonds is 9. The molecule has 1 heterocycles. The van der Waals surface area contributed by atoms with Gasteiger partial charge >= 0.3 is 12.6 Å². The summed E-state index contributed by atoms with van der Waals surface area (Å²) in [4.78, 5) is 23.4. The fourth-order valence-electron chi connectivity index (χ4n) is 2.13. The third kappa shape index (κ3) is 5.99. The van der Waals surface area contributed by atoms with Gasteiger partial charge in [0.05, 0.1) is 0 Å². The molecule has 0 saturated heterocycles. The van der Waals surface area contributed by atoms with Crippen molar-refractivity contribution in [2.75, 3.05) is 13.2 Å². The van der Waals surface area contributed by atoms with Gasteiger partial charge in [0, 0.05) is 11.4 Å². The van der Waals surface area contributed by atoms with Gasteiger partial charge in [0.2, 0.25) is 0 Å². The van der Waals surface area contributed by atoms with Crippen LogP contribution in [0.15, 0.2) is 30.3 Å². The van der Waals surface area contributed by atoms with E-state index in [1.807, 2.05) is 0 Å². The summed E-state index contributed by atoms with van der Waals surface area (Å²) in [6.45, 7) is -1.40. The largest absolute Gasteiger partial charge is 0.482 e. The number of aryl methyl sites for hydroxylation is 1. The van der Waals surface area contributed by atoms with Crippen molar-refractivity contribution < 1.29 is 33.0 Å². The van der Waals surface area contributed by atoms with Crippen LogP contribution in [0, 0.1) is 6.92 Å². The van der Waals surface area contributed by atoms with Crippen molar-refractivity contribution in [1.82, 2.24) is 5.32 Å². The molecule has 0 fully saturated rings. The summed E-state index contributed by atoms with van der Waals surface area (Å²) in [5.41, 5.74) is 0.902. The van der Waals surface area contributed by atoms with E-state index in [-0.39, 0.29) is 10.6 Å². The highest BCUT2D eigenvalue weighted by molar-refractivity contribution is 7.14. The molecule has 0 saturated carbocycles. The average molecular weight is 385 g/mol. The van der Waals surface area contributed by atoms with E-state index in [0.29, 0.717) is 23.6 Å². The van der Waals surface area contributed by atoms with E-state index >= 15 is 0 Å². The fourth-order valence-corrected chi connectivity index (χ4v) is 2.99. The number of benzene rings is 1. The number of halogens is 2. The van der Waals surface area contributed by atoms with Gasteiger partial charge in [-0.1, -0.05) is 12.1 Å². The standard InChI is InChI=1S/C17H17F2NO5S/c1-10-8-13(25-17(18)19)15(26-10)16(23)20-7-6-11-2-4-12(5-3-11)24-9-14(21)22/h2-5,8,17H,6-7,9H2,1H3,(H,20,23)(H,21,22). The minimum Gasteiger partial charge on any atom is -0.482 e. The van der Waals surface area contributed by atoms with Crippen molar-refractivity contribution in [1.29, 1.82) is 0 Å². The molecule has 6 nitrogen and oxygen atoms in total. The average Bonchev–Trinajstić information content (AvgIpc) is 2.93. The van der Waals surface area contributed by atoms with Gasteiger partial charge in [0.15, 0.2) is 6.61 Å². The van der Waals surface area contributed by atoms with Gasteiger partial charge < -0.3 is 19.9 Å². The first kappa shape index (κ1) is 19.6. The highest BCUT2D eigenvalue weighted by atomic mass is 32.1. The number of nitrogens with one attached hydrogen (secondary N) is 1. The van der Waals surface area contributed by atoms with Crippen LogP contribution in [0.25, 0.3) is 0 Å². The van der Waals surface area contributed by atoms with Crippen molar-refractivity contribution in [3.8, 4) is 11.5 Å². The van der Waals surface area contributed by atoms with E-state index in [1.165, 1.54) is 6.07 Å². The number of thiophene rings is 1. The van der Waals surface area contributed by atoms with Crippen molar-refractivity contribution >= 4 is 23.2 Å².